The standard InChI is InChI=1S/C19H27BrN2O3/c1-6-8-14-21-16(18(3,4)24)15(17(23)25-7-2)22(14)13-9-11-19(5,20)12-10-13/h9-11,24H,6-8,12H2,1-5H3. The topological polar surface area (TPSA) is 64.3 Å². The quantitative estimate of drug-likeness (QED) is 0.563. The molecule has 1 unspecified atom stereocenters. The second-order valence-corrected chi connectivity index (χ2v) is 8.85. The van der Waals surface area contributed by atoms with Crippen LogP contribution in [0.3, 0.4) is 0 Å². The van der Waals surface area contributed by atoms with Crippen LogP contribution in [0.1, 0.15) is 69.5 Å². The van der Waals surface area contributed by atoms with E-state index in [0.717, 1.165) is 24.4 Å². The summed E-state index contributed by atoms with van der Waals surface area (Å²) in [4.78, 5) is 17.3. The van der Waals surface area contributed by atoms with Crippen LogP contribution in [0.4, 0.5) is 0 Å². The highest BCUT2D eigenvalue weighted by molar-refractivity contribution is 9.10. The van der Waals surface area contributed by atoms with Crippen LogP contribution < -0.4 is 0 Å². The molecule has 2 rings (SSSR count). The van der Waals surface area contributed by atoms with Gasteiger partial charge in [0.25, 0.3) is 0 Å². The summed E-state index contributed by atoms with van der Waals surface area (Å²) in [6, 6.07) is 0. The number of aromatic nitrogens is 2. The third kappa shape index (κ3) is 4.42. The number of allylic oxidation sites excluding steroid dienone is 4. The number of carbonyl (C=O) groups is 1. The van der Waals surface area contributed by atoms with Crippen molar-refractivity contribution in [2.45, 2.75) is 63.8 Å². The lowest BCUT2D eigenvalue weighted by molar-refractivity contribution is 0.0472. The molecule has 1 N–H and O–H groups in total. The molecule has 0 amide bonds. The maximum atomic E-state index is 12.7. The minimum Gasteiger partial charge on any atom is -0.461 e. The molecule has 1 aromatic heterocycles. The summed E-state index contributed by atoms with van der Waals surface area (Å²) in [6.07, 6.45) is 8.51. The van der Waals surface area contributed by atoms with Crippen molar-refractivity contribution in [3.8, 4) is 0 Å². The van der Waals surface area contributed by atoms with Crippen molar-refractivity contribution in [2.24, 2.45) is 0 Å². The second kappa shape index (κ2) is 7.46. The van der Waals surface area contributed by atoms with E-state index < -0.39 is 11.6 Å². The van der Waals surface area contributed by atoms with E-state index in [4.69, 9.17) is 4.74 Å². The van der Waals surface area contributed by atoms with Gasteiger partial charge < -0.3 is 9.84 Å². The largest absolute Gasteiger partial charge is 0.461 e. The Morgan fingerprint density at radius 3 is 2.64 bits per heavy atom. The maximum Gasteiger partial charge on any atom is 0.357 e. The van der Waals surface area contributed by atoms with Crippen LogP contribution in [-0.2, 0) is 16.8 Å². The molecule has 1 atom stereocenters. The molecule has 5 nitrogen and oxygen atoms in total. The normalized spacial score (nSPS) is 20.5. The highest BCUT2D eigenvalue weighted by Gasteiger charge is 2.33. The van der Waals surface area contributed by atoms with Gasteiger partial charge in [-0.25, -0.2) is 9.78 Å². The fourth-order valence-electron chi connectivity index (χ4n) is 2.82. The smallest absolute Gasteiger partial charge is 0.357 e. The second-order valence-electron chi connectivity index (χ2n) is 7.03. The van der Waals surface area contributed by atoms with Crippen LogP contribution in [-0.4, -0.2) is 31.6 Å². The van der Waals surface area contributed by atoms with Crippen molar-refractivity contribution in [1.29, 1.82) is 0 Å². The third-order valence-corrected chi connectivity index (χ3v) is 4.63. The first kappa shape index (κ1) is 19.9. The van der Waals surface area contributed by atoms with E-state index in [-0.39, 0.29) is 10.9 Å². The van der Waals surface area contributed by atoms with Crippen molar-refractivity contribution in [3.63, 3.8) is 0 Å². The number of halogens is 1. The Bertz CT molecular complexity index is 709. The zero-order valence-electron chi connectivity index (χ0n) is 15.6. The Labute approximate surface area is 157 Å². The number of ether oxygens (including phenoxy) is 1. The zero-order chi connectivity index (χ0) is 18.8. The molecule has 1 heterocycles. The number of carbonyl (C=O) groups excluding carboxylic acids is 1. The lowest BCUT2D eigenvalue weighted by Crippen LogP contribution is -2.23. The fourth-order valence-corrected chi connectivity index (χ4v) is 3.11. The Kier molecular flexibility index (Phi) is 5.94. The van der Waals surface area contributed by atoms with E-state index in [1.165, 1.54) is 0 Å². The lowest BCUT2D eigenvalue weighted by Gasteiger charge is -2.23. The molecule has 1 aromatic rings. The average molecular weight is 411 g/mol. The first-order valence-corrected chi connectivity index (χ1v) is 9.50. The molecule has 6 heteroatoms. The van der Waals surface area contributed by atoms with Gasteiger partial charge in [0.1, 0.15) is 17.1 Å². The Balaban J connectivity index is 2.67. The van der Waals surface area contributed by atoms with Gasteiger partial charge in [0.2, 0.25) is 0 Å². The zero-order valence-corrected chi connectivity index (χ0v) is 17.2. The lowest BCUT2D eigenvalue weighted by atomic mass is 10.0. The number of imidazole rings is 1. The van der Waals surface area contributed by atoms with E-state index in [2.05, 4.69) is 46.9 Å². The predicted octanol–water partition coefficient (Wildman–Crippen LogP) is 4.19. The molecule has 25 heavy (non-hydrogen) atoms. The van der Waals surface area contributed by atoms with Crippen molar-refractivity contribution in [1.82, 2.24) is 9.55 Å². The molecule has 0 bridgehead atoms. The molecule has 0 saturated carbocycles. The first-order valence-electron chi connectivity index (χ1n) is 8.71. The van der Waals surface area contributed by atoms with Crippen molar-refractivity contribution in [2.75, 3.05) is 6.61 Å². The molecule has 1 aliphatic carbocycles. The van der Waals surface area contributed by atoms with Crippen LogP contribution in [0.2, 0.25) is 0 Å². The van der Waals surface area contributed by atoms with Gasteiger partial charge in [-0.2, -0.15) is 0 Å². The molecule has 0 spiro atoms. The maximum absolute atomic E-state index is 12.7. The molecule has 138 valence electrons. The number of aliphatic hydroxyl groups is 1. The summed E-state index contributed by atoms with van der Waals surface area (Å²) in [5.41, 5.74) is 0.313. The molecule has 0 saturated heterocycles. The molecular formula is C19H27BrN2O3. The summed E-state index contributed by atoms with van der Waals surface area (Å²) < 4.78 is 7.00. The van der Waals surface area contributed by atoms with Gasteiger partial charge in [0, 0.05) is 16.4 Å². The molecule has 0 aromatic carbocycles. The summed E-state index contributed by atoms with van der Waals surface area (Å²) in [6.45, 7) is 9.47. The first-order chi connectivity index (χ1) is 11.6. The molecule has 1 aliphatic rings. The average Bonchev–Trinajstić information content (AvgIpc) is 2.87. The van der Waals surface area contributed by atoms with E-state index >= 15 is 0 Å². The number of hydrogen-bond donors (Lipinski definition) is 1. The van der Waals surface area contributed by atoms with Crippen LogP contribution in [0, 0.1) is 0 Å². The van der Waals surface area contributed by atoms with Crippen LogP contribution in [0.25, 0.3) is 5.70 Å². The number of esters is 1. The van der Waals surface area contributed by atoms with E-state index in [0.29, 0.717) is 17.8 Å². The molecule has 0 fully saturated rings. The van der Waals surface area contributed by atoms with Crippen LogP contribution in [0.15, 0.2) is 18.2 Å². The number of aryl methyl sites for hydroxylation is 1. The SMILES string of the molecule is CCCc1nc(C(C)(C)O)c(C(=O)OCC)n1C1=CCC(C)(Br)C=C1. The van der Waals surface area contributed by atoms with Gasteiger partial charge in [0.15, 0.2) is 5.69 Å². The fraction of sp³-hybridized carbons (Fsp3) is 0.579. The van der Waals surface area contributed by atoms with Gasteiger partial charge >= 0.3 is 5.97 Å². The number of hydrogen-bond acceptors (Lipinski definition) is 4. The van der Waals surface area contributed by atoms with E-state index in [1.807, 2.05) is 10.6 Å². The molecule has 0 radical (unpaired) electrons. The van der Waals surface area contributed by atoms with Crippen LogP contribution >= 0.6 is 15.9 Å². The predicted molar refractivity (Wildman–Crippen MR) is 103 cm³/mol. The van der Waals surface area contributed by atoms with Crippen molar-refractivity contribution >= 4 is 27.6 Å². The highest BCUT2D eigenvalue weighted by Crippen LogP contribution is 2.34. The Morgan fingerprint density at radius 2 is 2.16 bits per heavy atom. The highest BCUT2D eigenvalue weighted by atomic mass is 79.9. The monoisotopic (exact) mass is 410 g/mol. The molecule has 0 aliphatic heterocycles. The van der Waals surface area contributed by atoms with Gasteiger partial charge in [-0.05, 0) is 46.6 Å². The van der Waals surface area contributed by atoms with Gasteiger partial charge in [-0.1, -0.05) is 35.0 Å². The Morgan fingerprint density at radius 1 is 1.48 bits per heavy atom. The number of alkyl halides is 1. The van der Waals surface area contributed by atoms with Crippen molar-refractivity contribution in [3.05, 3.63) is 35.4 Å². The van der Waals surface area contributed by atoms with Crippen LogP contribution in [0.5, 0.6) is 0 Å². The number of rotatable bonds is 6. The van der Waals surface area contributed by atoms with Gasteiger partial charge in [-0.15, -0.1) is 0 Å². The van der Waals surface area contributed by atoms with Gasteiger partial charge in [0.05, 0.1) is 6.61 Å². The minimum atomic E-state index is -1.24. The summed E-state index contributed by atoms with van der Waals surface area (Å²) >= 11 is 3.66. The summed E-state index contributed by atoms with van der Waals surface area (Å²) in [5.74, 6) is 0.299. The Hall–Kier alpha value is -1.40. The van der Waals surface area contributed by atoms with E-state index in [1.54, 1.807) is 20.8 Å². The number of nitrogens with zero attached hydrogens (tertiary/aromatic N) is 2. The third-order valence-electron chi connectivity index (χ3n) is 4.04. The van der Waals surface area contributed by atoms with Gasteiger partial charge in [-0.3, -0.25) is 4.57 Å². The van der Waals surface area contributed by atoms with Crippen molar-refractivity contribution < 1.29 is 14.6 Å². The minimum absolute atomic E-state index is 0.0921. The van der Waals surface area contributed by atoms with E-state index in [9.17, 15) is 9.90 Å². The summed E-state index contributed by atoms with van der Waals surface area (Å²) in [5, 5.41) is 10.5. The molecular weight excluding hydrogens is 384 g/mol. The summed E-state index contributed by atoms with van der Waals surface area (Å²) in [7, 11) is 0.